The van der Waals surface area contributed by atoms with Crippen LogP contribution in [0.5, 0.6) is 0 Å². The van der Waals surface area contributed by atoms with Gasteiger partial charge in [-0.3, -0.25) is 0 Å². The minimum Gasteiger partial charge on any atom is -0.449 e. The zero-order valence-electron chi connectivity index (χ0n) is 18.0. The number of halogens is 3. The quantitative estimate of drug-likeness (QED) is 0.375. The third kappa shape index (κ3) is 5.04. The molecule has 0 heterocycles. The van der Waals surface area contributed by atoms with Gasteiger partial charge in [-0.05, 0) is 52.9 Å². The molecule has 0 saturated heterocycles. The molecule has 3 aromatic rings. The lowest BCUT2D eigenvalue weighted by atomic mass is 9.98. The van der Waals surface area contributed by atoms with Gasteiger partial charge in [0.2, 0.25) is 0 Å². The molecule has 0 radical (unpaired) electrons. The number of benzene rings is 3. The highest BCUT2D eigenvalue weighted by molar-refractivity contribution is 5.79. The Morgan fingerprint density at radius 1 is 1.00 bits per heavy atom. The SMILES string of the molecule is Cc1cc(C#CCCNC(=O)OCC2c3ccccc3-c3ccccc32)ccc1C(F)(F)F. The van der Waals surface area contributed by atoms with Crippen LogP contribution in [0.15, 0.2) is 66.7 Å². The summed E-state index contributed by atoms with van der Waals surface area (Å²) in [5, 5.41) is 2.67. The van der Waals surface area contributed by atoms with Gasteiger partial charge in [-0.25, -0.2) is 4.79 Å². The minimum atomic E-state index is -4.37. The van der Waals surface area contributed by atoms with Crippen molar-refractivity contribution in [2.75, 3.05) is 13.2 Å². The number of alkyl halides is 3. The van der Waals surface area contributed by atoms with Crippen molar-refractivity contribution in [3.8, 4) is 23.0 Å². The van der Waals surface area contributed by atoms with Crippen molar-refractivity contribution in [3.05, 3.63) is 94.5 Å². The van der Waals surface area contributed by atoms with Crippen LogP contribution in [0.4, 0.5) is 18.0 Å². The van der Waals surface area contributed by atoms with Crippen molar-refractivity contribution in [1.29, 1.82) is 0 Å². The number of hydrogen-bond donors (Lipinski definition) is 1. The van der Waals surface area contributed by atoms with Crippen LogP contribution < -0.4 is 5.32 Å². The topological polar surface area (TPSA) is 38.3 Å². The normalized spacial score (nSPS) is 12.4. The van der Waals surface area contributed by atoms with Crippen molar-refractivity contribution >= 4 is 6.09 Å². The Labute approximate surface area is 190 Å². The molecule has 3 nitrogen and oxygen atoms in total. The zero-order valence-corrected chi connectivity index (χ0v) is 18.0. The zero-order chi connectivity index (χ0) is 23.4. The molecule has 4 rings (SSSR count). The Balaban J connectivity index is 1.27. The predicted octanol–water partition coefficient (Wildman–Crippen LogP) is 6.29. The third-order valence-corrected chi connectivity index (χ3v) is 5.63. The number of amides is 1. The summed E-state index contributed by atoms with van der Waals surface area (Å²) in [6, 6.07) is 20.0. The molecule has 1 aliphatic rings. The van der Waals surface area contributed by atoms with Crippen LogP contribution in [0.1, 0.15) is 40.2 Å². The van der Waals surface area contributed by atoms with E-state index in [1.807, 2.05) is 24.3 Å². The van der Waals surface area contributed by atoms with Crippen molar-refractivity contribution < 1.29 is 22.7 Å². The Morgan fingerprint density at radius 3 is 2.24 bits per heavy atom. The summed E-state index contributed by atoms with van der Waals surface area (Å²) in [5.74, 6) is 5.68. The number of rotatable bonds is 4. The first kappa shape index (κ1) is 22.5. The second-order valence-corrected chi connectivity index (χ2v) is 7.83. The van der Waals surface area contributed by atoms with E-state index in [0.717, 1.165) is 28.3 Å². The molecule has 0 spiro atoms. The van der Waals surface area contributed by atoms with Crippen LogP contribution in [0.3, 0.4) is 0 Å². The van der Waals surface area contributed by atoms with Crippen LogP contribution in [0, 0.1) is 18.8 Å². The molecule has 6 heteroatoms. The lowest BCUT2D eigenvalue weighted by molar-refractivity contribution is -0.138. The van der Waals surface area contributed by atoms with Gasteiger partial charge in [0.25, 0.3) is 0 Å². The second kappa shape index (κ2) is 9.41. The van der Waals surface area contributed by atoms with Crippen LogP contribution >= 0.6 is 0 Å². The predicted molar refractivity (Wildman–Crippen MR) is 121 cm³/mol. The van der Waals surface area contributed by atoms with Gasteiger partial charge in [0.1, 0.15) is 6.61 Å². The van der Waals surface area contributed by atoms with E-state index in [4.69, 9.17) is 4.74 Å². The number of aryl methyl sites for hydroxylation is 1. The Morgan fingerprint density at radius 2 is 1.64 bits per heavy atom. The molecule has 168 valence electrons. The molecule has 0 aliphatic heterocycles. The van der Waals surface area contributed by atoms with Gasteiger partial charge < -0.3 is 10.1 Å². The average molecular weight is 449 g/mol. The highest BCUT2D eigenvalue weighted by Crippen LogP contribution is 2.44. The number of carbonyl (C=O) groups excluding carboxylic acids is 1. The smallest absolute Gasteiger partial charge is 0.416 e. The monoisotopic (exact) mass is 449 g/mol. The average Bonchev–Trinajstić information content (AvgIpc) is 3.10. The summed E-state index contributed by atoms with van der Waals surface area (Å²) in [6.45, 7) is 1.92. The summed E-state index contributed by atoms with van der Waals surface area (Å²) < 4.78 is 43.9. The van der Waals surface area contributed by atoms with E-state index in [9.17, 15) is 18.0 Å². The lowest BCUT2D eigenvalue weighted by Crippen LogP contribution is -2.26. The fourth-order valence-corrected chi connectivity index (χ4v) is 4.10. The van der Waals surface area contributed by atoms with Gasteiger partial charge >= 0.3 is 12.3 Å². The Hall–Kier alpha value is -3.72. The van der Waals surface area contributed by atoms with E-state index in [0.29, 0.717) is 12.0 Å². The van der Waals surface area contributed by atoms with E-state index >= 15 is 0 Å². The largest absolute Gasteiger partial charge is 0.449 e. The van der Waals surface area contributed by atoms with E-state index in [1.54, 1.807) is 0 Å². The summed E-state index contributed by atoms with van der Waals surface area (Å²) in [5.41, 5.74) is 4.58. The molecule has 0 atom stereocenters. The lowest BCUT2D eigenvalue weighted by Gasteiger charge is -2.14. The molecule has 0 aromatic heterocycles. The van der Waals surface area contributed by atoms with E-state index < -0.39 is 17.8 Å². The van der Waals surface area contributed by atoms with Gasteiger partial charge in [0, 0.05) is 24.4 Å². The number of nitrogens with one attached hydrogen (secondary N) is 1. The molecule has 1 amide bonds. The van der Waals surface area contributed by atoms with Crippen LogP contribution in [0.2, 0.25) is 0 Å². The second-order valence-electron chi connectivity index (χ2n) is 7.83. The highest BCUT2D eigenvalue weighted by Gasteiger charge is 2.32. The molecule has 33 heavy (non-hydrogen) atoms. The van der Waals surface area contributed by atoms with E-state index in [-0.39, 0.29) is 24.6 Å². The molecular formula is C27H22F3NO2. The molecule has 0 bridgehead atoms. The molecule has 0 saturated carbocycles. The van der Waals surface area contributed by atoms with Crippen molar-refractivity contribution in [1.82, 2.24) is 5.32 Å². The van der Waals surface area contributed by atoms with E-state index in [2.05, 4.69) is 41.4 Å². The fourth-order valence-electron chi connectivity index (χ4n) is 4.10. The van der Waals surface area contributed by atoms with Gasteiger partial charge in [-0.1, -0.05) is 60.4 Å². The first-order valence-electron chi connectivity index (χ1n) is 10.6. The molecule has 0 unspecified atom stereocenters. The highest BCUT2D eigenvalue weighted by atomic mass is 19.4. The van der Waals surface area contributed by atoms with Crippen LogP contribution in [0.25, 0.3) is 11.1 Å². The standard InChI is InChI=1S/C27H22F3NO2/c1-18-16-19(13-14-25(18)27(28,29)30)8-6-7-15-31-26(32)33-17-24-22-11-4-2-9-20(22)21-10-3-5-12-23(21)24/h2-5,9-14,16,24H,7,15,17H2,1H3,(H,31,32). The third-order valence-electron chi connectivity index (χ3n) is 5.63. The number of hydrogen-bond acceptors (Lipinski definition) is 2. The van der Waals surface area contributed by atoms with Crippen molar-refractivity contribution in [2.24, 2.45) is 0 Å². The first-order valence-corrected chi connectivity index (χ1v) is 10.6. The van der Waals surface area contributed by atoms with Crippen molar-refractivity contribution in [2.45, 2.75) is 25.4 Å². The van der Waals surface area contributed by atoms with Gasteiger partial charge in [0.05, 0.1) is 5.56 Å². The van der Waals surface area contributed by atoms with E-state index in [1.165, 1.54) is 19.1 Å². The molecule has 1 N–H and O–H groups in total. The molecule has 0 fully saturated rings. The number of carbonyl (C=O) groups is 1. The fraction of sp³-hybridized carbons (Fsp3) is 0.222. The van der Waals surface area contributed by atoms with Gasteiger partial charge in [0.15, 0.2) is 0 Å². The first-order chi connectivity index (χ1) is 15.8. The number of ether oxygens (including phenoxy) is 1. The molecule has 1 aliphatic carbocycles. The number of alkyl carbamates (subject to hydrolysis) is 1. The minimum absolute atomic E-state index is 0.00847. The van der Waals surface area contributed by atoms with Gasteiger partial charge in [-0.15, -0.1) is 0 Å². The van der Waals surface area contributed by atoms with Crippen LogP contribution in [-0.2, 0) is 10.9 Å². The van der Waals surface area contributed by atoms with Gasteiger partial charge in [-0.2, -0.15) is 13.2 Å². The number of fused-ring (bicyclic) bond motifs is 3. The summed E-state index contributed by atoms with van der Waals surface area (Å²) in [4.78, 5) is 12.1. The summed E-state index contributed by atoms with van der Waals surface area (Å²) >= 11 is 0. The maximum atomic E-state index is 12.8. The van der Waals surface area contributed by atoms with Crippen LogP contribution in [-0.4, -0.2) is 19.2 Å². The van der Waals surface area contributed by atoms with Crippen molar-refractivity contribution in [3.63, 3.8) is 0 Å². The molecule has 3 aromatic carbocycles. The Kier molecular flexibility index (Phi) is 6.41. The molecular weight excluding hydrogens is 427 g/mol. The summed E-state index contributed by atoms with van der Waals surface area (Å²) in [7, 11) is 0. The maximum absolute atomic E-state index is 12.8. The maximum Gasteiger partial charge on any atom is 0.416 e. The Bertz CT molecular complexity index is 1190. The summed E-state index contributed by atoms with van der Waals surface area (Å²) in [6.07, 6.45) is -4.54.